The van der Waals surface area contributed by atoms with Gasteiger partial charge in [-0.1, -0.05) is 41.6 Å². The summed E-state index contributed by atoms with van der Waals surface area (Å²) in [7, 11) is 0. The van der Waals surface area contributed by atoms with E-state index in [9.17, 15) is 4.79 Å². The number of ether oxygens (including phenoxy) is 1. The highest BCUT2D eigenvalue weighted by Gasteiger charge is 2.11. The van der Waals surface area contributed by atoms with Crippen LogP contribution in [-0.4, -0.2) is 16.0 Å². The van der Waals surface area contributed by atoms with Crippen LogP contribution in [0, 0.1) is 0 Å². The number of nitrogens with zero attached hydrogens (tertiary/aromatic N) is 2. The van der Waals surface area contributed by atoms with Gasteiger partial charge in [0.25, 0.3) is 0 Å². The first kappa shape index (κ1) is 18.9. The van der Waals surface area contributed by atoms with Crippen LogP contribution in [0.25, 0.3) is 10.7 Å². The van der Waals surface area contributed by atoms with Crippen molar-refractivity contribution < 1.29 is 14.1 Å². The van der Waals surface area contributed by atoms with Crippen molar-refractivity contribution in [2.45, 2.75) is 19.4 Å². The van der Waals surface area contributed by atoms with E-state index in [1.165, 1.54) is 0 Å². The Morgan fingerprint density at radius 2 is 1.86 bits per heavy atom. The minimum absolute atomic E-state index is 0.112. The number of hydrogen-bond acceptors (Lipinski definition) is 6. The van der Waals surface area contributed by atoms with Crippen molar-refractivity contribution in [1.82, 2.24) is 10.1 Å². The number of nitrogens with one attached hydrogen (secondary N) is 1. The zero-order valence-corrected chi connectivity index (χ0v) is 16.4. The fourth-order valence-electron chi connectivity index (χ4n) is 2.68. The molecule has 1 amide bonds. The summed E-state index contributed by atoms with van der Waals surface area (Å²) in [6.45, 7) is 0.504. The van der Waals surface area contributed by atoms with Crippen molar-refractivity contribution in [2.24, 2.45) is 0 Å². The fraction of sp³-hybridized carbons (Fsp3) is 0.136. The van der Waals surface area contributed by atoms with Gasteiger partial charge in [0.1, 0.15) is 12.4 Å². The Kier molecular flexibility index (Phi) is 5.97. The SMILES string of the molecule is O=C(CCc1nc(-c2cccs2)no1)Nc1ccc(OCc2ccccc2)cc1. The molecule has 0 saturated carbocycles. The number of carbonyl (C=O) groups excluding carboxylic acids is 1. The second kappa shape index (κ2) is 9.16. The molecule has 0 aliphatic heterocycles. The van der Waals surface area contributed by atoms with Gasteiger partial charge in [0, 0.05) is 18.5 Å². The topological polar surface area (TPSA) is 77.2 Å². The van der Waals surface area contributed by atoms with Crippen molar-refractivity contribution in [3.05, 3.63) is 83.6 Å². The second-order valence-electron chi connectivity index (χ2n) is 6.34. The van der Waals surface area contributed by atoms with Crippen molar-refractivity contribution >= 4 is 22.9 Å². The van der Waals surface area contributed by atoms with Crippen molar-refractivity contribution in [1.29, 1.82) is 0 Å². The highest BCUT2D eigenvalue weighted by molar-refractivity contribution is 7.13. The van der Waals surface area contributed by atoms with Gasteiger partial charge >= 0.3 is 0 Å². The summed E-state index contributed by atoms with van der Waals surface area (Å²) in [4.78, 5) is 17.5. The van der Waals surface area contributed by atoms with Gasteiger partial charge in [0.2, 0.25) is 17.6 Å². The number of carbonyl (C=O) groups is 1. The van der Waals surface area contributed by atoms with E-state index in [1.807, 2.05) is 72.1 Å². The summed E-state index contributed by atoms with van der Waals surface area (Å²) < 4.78 is 11.0. The number of aryl methyl sites for hydroxylation is 1. The zero-order valence-electron chi connectivity index (χ0n) is 15.6. The molecule has 0 unspecified atom stereocenters. The molecule has 146 valence electrons. The quantitative estimate of drug-likeness (QED) is 0.449. The number of thiophene rings is 1. The van der Waals surface area contributed by atoms with Gasteiger partial charge in [-0.2, -0.15) is 4.98 Å². The summed E-state index contributed by atoms with van der Waals surface area (Å²) in [6, 6.07) is 21.1. The van der Waals surface area contributed by atoms with Crippen molar-refractivity contribution in [3.63, 3.8) is 0 Å². The third-order valence-electron chi connectivity index (χ3n) is 4.16. The molecule has 29 heavy (non-hydrogen) atoms. The van der Waals surface area contributed by atoms with Crippen LogP contribution in [0.15, 0.2) is 76.6 Å². The van der Waals surface area contributed by atoms with E-state index in [-0.39, 0.29) is 12.3 Å². The van der Waals surface area contributed by atoms with Crippen molar-refractivity contribution in [2.75, 3.05) is 5.32 Å². The normalized spacial score (nSPS) is 10.6. The van der Waals surface area contributed by atoms with E-state index in [0.717, 1.165) is 16.2 Å². The van der Waals surface area contributed by atoms with Gasteiger partial charge in [0.05, 0.1) is 4.88 Å². The molecule has 0 aliphatic carbocycles. The largest absolute Gasteiger partial charge is 0.489 e. The molecule has 1 N–H and O–H groups in total. The van der Waals surface area contributed by atoms with Crippen LogP contribution in [0.5, 0.6) is 5.75 Å². The standard InChI is InChI=1S/C22H19N3O3S/c26-20(12-13-21-24-22(25-28-21)19-7-4-14-29-19)23-17-8-10-18(11-9-17)27-15-16-5-2-1-3-6-16/h1-11,14H,12-13,15H2,(H,23,26). The van der Waals surface area contributed by atoms with Crippen LogP contribution in [-0.2, 0) is 17.8 Å². The van der Waals surface area contributed by atoms with E-state index in [4.69, 9.17) is 9.26 Å². The molecule has 4 rings (SSSR count). The lowest BCUT2D eigenvalue weighted by Gasteiger charge is -2.08. The summed E-state index contributed by atoms with van der Waals surface area (Å²) in [6.07, 6.45) is 0.654. The molecular formula is C22H19N3O3S. The van der Waals surface area contributed by atoms with E-state index >= 15 is 0 Å². The second-order valence-corrected chi connectivity index (χ2v) is 7.28. The molecule has 2 aromatic carbocycles. The Morgan fingerprint density at radius 1 is 1.03 bits per heavy atom. The predicted octanol–water partition coefficient (Wildman–Crippen LogP) is 4.95. The number of rotatable bonds is 8. The van der Waals surface area contributed by atoms with Crippen LogP contribution in [0.4, 0.5) is 5.69 Å². The van der Waals surface area contributed by atoms with Crippen LogP contribution in [0.2, 0.25) is 0 Å². The Hall–Kier alpha value is -3.45. The lowest BCUT2D eigenvalue weighted by atomic mass is 10.2. The Labute approximate surface area is 172 Å². The van der Waals surface area contributed by atoms with Crippen LogP contribution in [0.3, 0.4) is 0 Å². The average molecular weight is 405 g/mol. The maximum Gasteiger partial charge on any atom is 0.227 e. The number of hydrogen-bond donors (Lipinski definition) is 1. The molecule has 0 atom stereocenters. The van der Waals surface area contributed by atoms with Gasteiger partial charge in [-0.3, -0.25) is 4.79 Å². The zero-order chi connectivity index (χ0) is 19.9. The van der Waals surface area contributed by atoms with E-state index in [1.54, 1.807) is 11.3 Å². The molecular weight excluding hydrogens is 386 g/mol. The van der Waals surface area contributed by atoms with Gasteiger partial charge < -0.3 is 14.6 Å². The van der Waals surface area contributed by atoms with Crippen LogP contribution >= 0.6 is 11.3 Å². The molecule has 0 aliphatic rings. The number of amides is 1. The molecule has 0 bridgehead atoms. The molecule has 6 nitrogen and oxygen atoms in total. The minimum Gasteiger partial charge on any atom is -0.489 e. The molecule has 0 spiro atoms. The summed E-state index contributed by atoms with van der Waals surface area (Å²) in [5, 5.41) is 8.77. The predicted molar refractivity (Wildman–Crippen MR) is 112 cm³/mol. The molecule has 4 aromatic rings. The van der Waals surface area contributed by atoms with Gasteiger partial charge in [0.15, 0.2) is 0 Å². The third-order valence-corrected chi connectivity index (χ3v) is 5.03. The molecule has 0 fully saturated rings. The summed E-state index contributed by atoms with van der Waals surface area (Å²) in [5.74, 6) is 1.65. The Morgan fingerprint density at radius 3 is 2.62 bits per heavy atom. The first-order valence-corrected chi connectivity index (χ1v) is 10.1. The number of aromatic nitrogens is 2. The molecule has 7 heteroatoms. The molecule has 2 aromatic heterocycles. The Bertz CT molecular complexity index is 1040. The average Bonchev–Trinajstić information content (AvgIpc) is 3.44. The summed E-state index contributed by atoms with van der Waals surface area (Å²) >= 11 is 1.54. The van der Waals surface area contributed by atoms with E-state index < -0.39 is 0 Å². The van der Waals surface area contributed by atoms with E-state index in [2.05, 4.69) is 15.5 Å². The third kappa shape index (κ3) is 5.30. The summed E-state index contributed by atoms with van der Waals surface area (Å²) in [5.41, 5.74) is 1.82. The lowest BCUT2D eigenvalue weighted by Crippen LogP contribution is -2.12. The molecule has 0 radical (unpaired) electrons. The monoisotopic (exact) mass is 405 g/mol. The minimum atomic E-state index is -0.112. The maximum absolute atomic E-state index is 12.2. The van der Waals surface area contributed by atoms with Crippen LogP contribution in [0.1, 0.15) is 17.9 Å². The lowest BCUT2D eigenvalue weighted by molar-refractivity contribution is -0.116. The maximum atomic E-state index is 12.2. The smallest absolute Gasteiger partial charge is 0.227 e. The van der Waals surface area contributed by atoms with Gasteiger partial charge in [-0.05, 0) is 41.3 Å². The fourth-order valence-corrected chi connectivity index (χ4v) is 3.33. The van der Waals surface area contributed by atoms with Crippen LogP contribution < -0.4 is 10.1 Å². The first-order valence-electron chi connectivity index (χ1n) is 9.19. The highest BCUT2D eigenvalue weighted by Crippen LogP contribution is 2.22. The van der Waals surface area contributed by atoms with E-state index in [0.29, 0.717) is 30.4 Å². The van der Waals surface area contributed by atoms with Crippen molar-refractivity contribution in [3.8, 4) is 16.5 Å². The molecule has 0 saturated heterocycles. The van der Waals surface area contributed by atoms with Gasteiger partial charge in [-0.15, -0.1) is 11.3 Å². The highest BCUT2D eigenvalue weighted by atomic mass is 32.1. The Balaban J connectivity index is 1.24. The number of benzene rings is 2. The van der Waals surface area contributed by atoms with Gasteiger partial charge in [-0.25, -0.2) is 0 Å². The first-order chi connectivity index (χ1) is 14.3. The molecule has 2 heterocycles. The number of anilines is 1.